The third kappa shape index (κ3) is 4.20. The second-order valence-corrected chi connectivity index (χ2v) is 6.72. The number of hydrogen-bond acceptors (Lipinski definition) is 3. The van der Waals surface area contributed by atoms with Crippen molar-refractivity contribution in [2.75, 3.05) is 7.11 Å². The first-order valence-corrected chi connectivity index (χ1v) is 8.73. The first-order valence-electron chi connectivity index (χ1n) is 7.85. The van der Waals surface area contributed by atoms with Gasteiger partial charge in [-0.3, -0.25) is 4.79 Å². The number of esters is 1. The Morgan fingerprint density at radius 1 is 1.18 bits per heavy atom. The smallest absolute Gasteiger partial charge is 0.306 e. The van der Waals surface area contributed by atoms with Crippen LogP contribution in [0, 0.1) is 0 Å². The number of rotatable bonds is 8. The van der Waals surface area contributed by atoms with Gasteiger partial charge in [0.2, 0.25) is 0 Å². The zero-order valence-corrected chi connectivity index (χ0v) is 14.2. The molecule has 3 heteroatoms. The summed E-state index contributed by atoms with van der Waals surface area (Å²) in [6.07, 6.45) is 4.57. The first-order chi connectivity index (χ1) is 10.7. The minimum absolute atomic E-state index is 0.125. The molecule has 0 saturated heterocycles. The van der Waals surface area contributed by atoms with E-state index in [2.05, 4.69) is 48.7 Å². The van der Waals surface area contributed by atoms with E-state index >= 15 is 0 Å². The summed E-state index contributed by atoms with van der Waals surface area (Å²) >= 11 is 1.74. The normalized spacial score (nSPS) is 13.5. The van der Waals surface area contributed by atoms with Crippen LogP contribution in [0.1, 0.15) is 43.0 Å². The second kappa shape index (κ2) is 8.14. The Bertz CT molecular complexity index is 562. The molecule has 0 bridgehead atoms. The van der Waals surface area contributed by atoms with Crippen LogP contribution in [0.2, 0.25) is 0 Å². The first kappa shape index (κ1) is 16.8. The summed E-state index contributed by atoms with van der Waals surface area (Å²) < 4.78 is 4.99. The highest BCUT2D eigenvalue weighted by Gasteiger charge is 2.35. The van der Waals surface area contributed by atoms with Crippen LogP contribution in [0.15, 0.2) is 47.8 Å². The van der Waals surface area contributed by atoms with Gasteiger partial charge in [-0.1, -0.05) is 56.2 Å². The molecule has 0 fully saturated rings. The third-order valence-electron chi connectivity index (χ3n) is 4.15. The van der Waals surface area contributed by atoms with E-state index in [1.165, 1.54) is 17.6 Å². The van der Waals surface area contributed by atoms with E-state index in [9.17, 15) is 4.79 Å². The van der Waals surface area contributed by atoms with E-state index in [0.29, 0.717) is 6.42 Å². The summed E-state index contributed by atoms with van der Waals surface area (Å²) in [7, 11) is 1.48. The SMILES string of the molecule is CCCCC(CC(=O)OC)(Cc1ccccc1)c1cccs1. The predicted octanol–water partition coefficient (Wildman–Crippen LogP) is 4.98. The second-order valence-electron chi connectivity index (χ2n) is 5.78. The van der Waals surface area contributed by atoms with E-state index < -0.39 is 0 Å². The molecule has 0 aliphatic rings. The topological polar surface area (TPSA) is 26.3 Å². The van der Waals surface area contributed by atoms with Gasteiger partial charge in [-0.15, -0.1) is 11.3 Å². The van der Waals surface area contributed by atoms with E-state index in [1.54, 1.807) is 11.3 Å². The van der Waals surface area contributed by atoms with Gasteiger partial charge < -0.3 is 4.74 Å². The van der Waals surface area contributed by atoms with Crippen LogP contribution in [0.5, 0.6) is 0 Å². The standard InChI is InChI=1S/C19H24O2S/c1-3-4-12-19(15-18(20)21-2,17-11-8-13-22-17)14-16-9-6-5-7-10-16/h5-11,13H,3-4,12,14-15H2,1-2H3. The van der Waals surface area contributed by atoms with Crippen LogP contribution < -0.4 is 0 Å². The average Bonchev–Trinajstić information content (AvgIpc) is 3.08. The maximum absolute atomic E-state index is 12.1. The molecule has 118 valence electrons. The Morgan fingerprint density at radius 3 is 2.55 bits per heavy atom. The highest BCUT2D eigenvalue weighted by Crippen LogP contribution is 2.40. The highest BCUT2D eigenvalue weighted by atomic mass is 32.1. The molecule has 2 nitrogen and oxygen atoms in total. The molecule has 0 saturated carbocycles. The van der Waals surface area contributed by atoms with Crippen molar-refractivity contribution in [2.24, 2.45) is 0 Å². The Morgan fingerprint density at radius 2 is 1.95 bits per heavy atom. The summed E-state index contributed by atoms with van der Waals surface area (Å²) in [5, 5.41) is 2.10. The Labute approximate surface area is 137 Å². The molecular weight excluding hydrogens is 292 g/mol. The van der Waals surface area contributed by atoms with Crippen molar-refractivity contribution in [1.29, 1.82) is 0 Å². The van der Waals surface area contributed by atoms with Crippen molar-refractivity contribution in [2.45, 2.75) is 44.4 Å². The van der Waals surface area contributed by atoms with Crippen LogP contribution >= 0.6 is 11.3 Å². The van der Waals surface area contributed by atoms with Crippen molar-refractivity contribution >= 4 is 17.3 Å². The number of unbranched alkanes of at least 4 members (excludes halogenated alkanes) is 1. The zero-order valence-electron chi connectivity index (χ0n) is 13.4. The molecule has 2 rings (SSSR count). The van der Waals surface area contributed by atoms with Gasteiger partial charge in [0.15, 0.2) is 0 Å². The van der Waals surface area contributed by atoms with Crippen molar-refractivity contribution in [1.82, 2.24) is 0 Å². The van der Waals surface area contributed by atoms with Gasteiger partial charge in [0, 0.05) is 10.3 Å². The Hall–Kier alpha value is -1.61. The van der Waals surface area contributed by atoms with Gasteiger partial charge in [-0.25, -0.2) is 0 Å². The van der Waals surface area contributed by atoms with Crippen molar-refractivity contribution in [3.8, 4) is 0 Å². The highest BCUT2D eigenvalue weighted by molar-refractivity contribution is 7.10. The van der Waals surface area contributed by atoms with Gasteiger partial charge in [0.1, 0.15) is 0 Å². The van der Waals surface area contributed by atoms with Gasteiger partial charge in [0.05, 0.1) is 13.5 Å². The number of thiophene rings is 1. The molecule has 0 radical (unpaired) electrons. The number of benzene rings is 1. The van der Waals surface area contributed by atoms with E-state index in [4.69, 9.17) is 4.74 Å². The van der Waals surface area contributed by atoms with Gasteiger partial charge in [0.25, 0.3) is 0 Å². The van der Waals surface area contributed by atoms with Crippen LogP contribution in [0.25, 0.3) is 0 Å². The van der Waals surface area contributed by atoms with Crippen LogP contribution in [-0.4, -0.2) is 13.1 Å². The van der Waals surface area contributed by atoms with E-state index in [1.807, 2.05) is 6.07 Å². The van der Waals surface area contributed by atoms with Gasteiger partial charge in [-0.05, 0) is 29.9 Å². The lowest BCUT2D eigenvalue weighted by Gasteiger charge is -2.32. The molecule has 0 amide bonds. The molecule has 1 aromatic carbocycles. The number of ether oxygens (including phenoxy) is 1. The average molecular weight is 316 g/mol. The molecule has 1 atom stereocenters. The van der Waals surface area contributed by atoms with Gasteiger partial charge in [-0.2, -0.15) is 0 Å². The summed E-state index contributed by atoms with van der Waals surface area (Å²) in [4.78, 5) is 13.3. The lowest BCUT2D eigenvalue weighted by molar-refractivity contribution is -0.142. The fourth-order valence-electron chi connectivity index (χ4n) is 2.97. The van der Waals surface area contributed by atoms with E-state index in [0.717, 1.165) is 25.7 Å². The molecular formula is C19H24O2S. The molecule has 0 aliphatic carbocycles. The molecule has 0 N–H and O–H groups in total. The maximum Gasteiger partial charge on any atom is 0.306 e. The lowest BCUT2D eigenvalue weighted by Crippen LogP contribution is -2.32. The van der Waals surface area contributed by atoms with Crippen molar-refractivity contribution < 1.29 is 9.53 Å². The summed E-state index contributed by atoms with van der Waals surface area (Å²) in [5.41, 5.74) is 1.12. The quantitative estimate of drug-likeness (QED) is 0.642. The third-order valence-corrected chi connectivity index (χ3v) is 5.26. The number of carbonyl (C=O) groups excluding carboxylic acids is 1. The van der Waals surface area contributed by atoms with Gasteiger partial charge >= 0.3 is 5.97 Å². The lowest BCUT2D eigenvalue weighted by atomic mass is 9.73. The molecule has 0 spiro atoms. The molecule has 1 heterocycles. The van der Waals surface area contributed by atoms with Crippen LogP contribution in [0.3, 0.4) is 0 Å². The van der Waals surface area contributed by atoms with Crippen molar-refractivity contribution in [3.63, 3.8) is 0 Å². The predicted molar refractivity (Wildman–Crippen MR) is 92.3 cm³/mol. The largest absolute Gasteiger partial charge is 0.469 e. The maximum atomic E-state index is 12.1. The number of hydrogen-bond donors (Lipinski definition) is 0. The minimum Gasteiger partial charge on any atom is -0.469 e. The van der Waals surface area contributed by atoms with E-state index in [-0.39, 0.29) is 11.4 Å². The molecule has 1 aromatic heterocycles. The number of methoxy groups -OCH3 is 1. The molecule has 22 heavy (non-hydrogen) atoms. The Kier molecular flexibility index (Phi) is 6.20. The fourth-order valence-corrected chi connectivity index (χ4v) is 3.92. The minimum atomic E-state index is -0.154. The summed E-state index contributed by atoms with van der Waals surface area (Å²) in [5.74, 6) is -0.125. The molecule has 1 unspecified atom stereocenters. The van der Waals surface area contributed by atoms with Crippen LogP contribution in [-0.2, 0) is 21.4 Å². The summed E-state index contributed by atoms with van der Waals surface area (Å²) in [6, 6.07) is 14.7. The zero-order chi connectivity index (χ0) is 15.8. The fraction of sp³-hybridized carbons (Fsp3) is 0.421. The number of carbonyl (C=O) groups is 1. The molecule has 0 aliphatic heterocycles. The van der Waals surface area contributed by atoms with Crippen molar-refractivity contribution in [3.05, 3.63) is 58.3 Å². The monoisotopic (exact) mass is 316 g/mol. The Balaban J connectivity index is 2.36. The molecule has 2 aromatic rings. The van der Waals surface area contributed by atoms with Crippen LogP contribution in [0.4, 0.5) is 0 Å². The summed E-state index contributed by atoms with van der Waals surface area (Å²) in [6.45, 7) is 2.19.